The van der Waals surface area contributed by atoms with E-state index < -0.39 is 0 Å². The van der Waals surface area contributed by atoms with E-state index in [-0.39, 0.29) is 25.9 Å². The Morgan fingerprint density at radius 2 is 1.05 bits per heavy atom. The van der Waals surface area contributed by atoms with Gasteiger partial charge in [-0.05, 0) is 0 Å². The van der Waals surface area contributed by atoms with Gasteiger partial charge in [-0.2, -0.15) is 0 Å². The molecule has 0 saturated heterocycles. The van der Waals surface area contributed by atoms with E-state index in [0.717, 1.165) is 0 Å². The molecule has 0 amide bonds. The molecule has 19 heavy (non-hydrogen) atoms. The van der Waals surface area contributed by atoms with Gasteiger partial charge in [0, 0.05) is 0 Å². The Labute approximate surface area is 133 Å². The molecule has 118 valence electrons. The Kier molecular flexibility index (Phi) is 18.4. The number of rotatable bonds is 3. The third kappa shape index (κ3) is 38.1. The fraction of sp³-hybridized carbons (Fsp3) is 0.733. The Morgan fingerprint density at radius 1 is 0.842 bits per heavy atom. The monoisotopic (exact) mass is 439 g/mol. The summed E-state index contributed by atoms with van der Waals surface area (Å²) >= 11 is 1.33. The molecule has 0 spiro atoms. The average molecular weight is 439 g/mol. The van der Waals surface area contributed by atoms with Crippen molar-refractivity contribution >= 4 is 0 Å². The largest absolute Gasteiger partial charge is 0.358 e. The van der Waals surface area contributed by atoms with Crippen molar-refractivity contribution in [1.29, 1.82) is 0 Å². The molecule has 0 aromatic rings. The van der Waals surface area contributed by atoms with Crippen LogP contribution in [-0.4, -0.2) is 17.1 Å². The first-order valence-electron chi connectivity index (χ1n) is 5.89. The van der Waals surface area contributed by atoms with Crippen LogP contribution in [0.2, 0.25) is 0 Å². The van der Waals surface area contributed by atoms with Crippen LogP contribution in [0.15, 0.2) is 15.9 Å². The minimum atomic E-state index is 0. The van der Waals surface area contributed by atoms with Crippen molar-refractivity contribution in [2.24, 2.45) is 3.50 Å². The predicted octanol–water partition coefficient (Wildman–Crippen LogP) is 5.83. The van der Waals surface area contributed by atoms with Gasteiger partial charge in [-0.3, -0.25) is 0 Å². The van der Waals surface area contributed by atoms with Gasteiger partial charge in [0.1, 0.15) is 0 Å². The fourth-order valence-electron chi connectivity index (χ4n) is 0.514. The number of hydrogen-bond acceptors (Lipinski definition) is 1. The van der Waals surface area contributed by atoms with Crippen molar-refractivity contribution in [3.63, 3.8) is 0 Å². The standard InChI is InChI=1S/C10H20N2.C3H7N.2CH3.W/c1-9(2,3)11-7-8-12-10(4,5)6;1-3(2)4;;;/h7-8H,1-6H3;3H,1-2H3;2*1H3;/q-2;;2*-1;/b8-7-;;;;. The van der Waals surface area contributed by atoms with Gasteiger partial charge in [0.15, 0.2) is 0 Å². The summed E-state index contributed by atoms with van der Waals surface area (Å²) in [4.78, 5) is 0. The van der Waals surface area contributed by atoms with Gasteiger partial charge in [0.2, 0.25) is 0 Å². The molecule has 4 heteroatoms. The van der Waals surface area contributed by atoms with Gasteiger partial charge in [-0.15, -0.1) is 11.1 Å². The van der Waals surface area contributed by atoms with Crippen LogP contribution in [0.4, 0.5) is 0 Å². The Morgan fingerprint density at radius 3 is 1.16 bits per heavy atom. The summed E-state index contributed by atoms with van der Waals surface area (Å²) in [5.41, 5.74) is 0.00775. The maximum absolute atomic E-state index is 4.29. The maximum Gasteiger partial charge on any atom is -0.358 e. The molecule has 0 aromatic heterocycles. The van der Waals surface area contributed by atoms with Gasteiger partial charge < -0.3 is 25.5 Å². The molecule has 0 aliphatic carbocycles. The molecule has 0 radical (unpaired) electrons. The summed E-state index contributed by atoms with van der Waals surface area (Å²) in [6.45, 7) is 16.5. The molecule has 0 aromatic carbocycles. The summed E-state index contributed by atoms with van der Waals surface area (Å²) in [6.07, 6.45) is 3.54. The van der Waals surface area contributed by atoms with Crippen molar-refractivity contribution in [2.45, 2.75) is 72.5 Å². The summed E-state index contributed by atoms with van der Waals surface area (Å²) in [5.74, 6) is 0. The smallest absolute Gasteiger partial charge is 0.358 e. The van der Waals surface area contributed by atoms with Crippen LogP contribution in [0, 0.1) is 14.9 Å². The minimum Gasteiger partial charge on any atom is -0.358 e. The van der Waals surface area contributed by atoms with E-state index >= 15 is 0 Å². The molecule has 0 unspecified atom stereocenters. The second-order valence-corrected chi connectivity index (χ2v) is 6.85. The normalized spacial score (nSPS) is 10.8. The van der Waals surface area contributed by atoms with E-state index in [1.165, 1.54) is 19.6 Å². The topological polar surface area (TPSA) is 40.6 Å². The van der Waals surface area contributed by atoms with Crippen LogP contribution in [0.5, 0.6) is 0 Å². The van der Waals surface area contributed by atoms with Crippen molar-refractivity contribution in [1.82, 2.24) is 0 Å². The molecule has 3 nitrogen and oxygen atoms in total. The third-order valence-electron chi connectivity index (χ3n) is 1.20. The predicted molar refractivity (Wildman–Crippen MR) is 85.8 cm³/mol. The van der Waals surface area contributed by atoms with Crippen LogP contribution in [0.1, 0.15) is 55.4 Å². The molecule has 0 saturated carbocycles. The molecule has 0 fully saturated rings. The van der Waals surface area contributed by atoms with Gasteiger partial charge in [0.25, 0.3) is 0 Å². The van der Waals surface area contributed by atoms with Gasteiger partial charge in [-0.25, -0.2) is 12.4 Å². The quantitative estimate of drug-likeness (QED) is 0.497. The summed E-state index contributed by atoms with van der Waals surface area (Å²) < 4.78 is 3.97. The van der Waals surface area contributed by atoms with Crippen LogP contribution in [0.3, 0.4) is 0 Å². The van der Waals surface area contributed by atoms with Gasteiger partial charge in [0.05, 0.1) is 0 Å². The van der Waals surface area contributed by atoms with Crippen LogP contribution >= 0.6 is 0 Å². The summed E-state index contributed by atoms with van der Waals surface area (Å²) in [5, 5.41) is 8.57. The second kappa shape index (κ2) is 12.8. The zero-order valence-corrected chi connectivity index (χ0v) is 17.4. The number of hydrogen-bond donors (Lipinski definition) is 0. The van der Waals surface area contributed by atoms with E-state index in [0.29, 0.717) is 6.04 Å². The van der Waals surface area contributed by atoms with E-state index in [1.807, 2.05) is 0 Å². The van der Waals surface area contributed by atoms with Crippen molar-refractivity contribution < 1.29 is 19.6 Å². The third-order valence-corrected chi connectivity index (χ3v) is 2.72. The zero-order valence-electron chi connectivity index (χ0n) is 14.5. The zero-order chi connectivity index (χ0) is 14.1. The van der Waals surface area contributed by atoms with E-state index in [4.69, 9.17) is 0 Å². The molecule has 0 rings (SSSR count). The molecule has 0 N–H and O–H groups in total. The van der Waals surface area contributed by atoms with Crippen LogP contribution in [0.25, 0.3) is 10.6 Å². The van der Waals surface area contributed by atoms with E-state index in [2.05, 4.69) is 69.5 Å². The molecule has 0 aliphatic rings. The van der Waals surface area contributed by atoms with Crippen LogP contribution in [-0.2, 0) is 19.6 Å². The molecular weight excluding hydrogens is 406 g/mol. The Bertz CT molecular complexity index is 205. The van der Waals surface area contributed by atoms with Crippen LogP contribution < -0.4 is 0 Å². The first kappa shape index (κ1) is 27.2. The molecule has 0 aliphatic heterocycles. The van der Waals surface area contributed by atoms with E-state index in [1.54, 1.807) is 12.4 Å². The summed E-state index contributed by atoms with van der Waals surface area (Å²) in [7, 11) is 0. The van der Waals surface area contributed by atoms with Crippen molar-refractivity contribution in [3.05, 3.63) is 37.9 Å². The first-order valence-corrected chi connectivity index (χ1v) is 7.20. The first-order chi connectivity index (χ1) is 7.48. The van der Waals surface area contributed by atoms with Gasteiger partial charge >= 0.3 is 43.0 Å². The molecule has 0 atom stereocenters. The minimum absolute atomic E-state index is 0. The second-order valence-electron chi connectivity index (χ2n) is 6.10. The van der Waals surface area contributed by atoms with Crippen molar-refractivity contribution in [2.75, 3.05) is 0 Å². The SMILES string of the molecule is CC(C)(C)[N-]/C=C\[N-]C(C)(C)C.CC(C)[N]=[W].[CH3-].[CH3-]. The maximum atomic E-state index is 4.29. The molecule has 0 bridgehead atoms. The Balaban J connectivity index is -0.000000139. The fourth-order valence-corrected chi connectivity index (χ4v) is 0.514. The van der Waals surface area contributed by atoms with Gasteiger partial charge in [-0.1, -0.05) is 41.5 Å². The van der Waals surface area contributed by atoms with Crippen molar-refractivity contribution in [3.8, 4) is 0 Å². The number of nitrogens with zero attached hydrogens (tertiary/aromatic N) is 3. The summed E-state index contributed by atoms with van der Waals surface area (Å²) in [6, 6.07) is 0.546. The average Bonchev–Trinajstić information content (AvgIpc) is 2.10. The van der Waals surface area contributed by atoms with E-state index in [9.17, 15) is 0 Å². The molecular formula is C15H33N3W-4. The Hall–Kier alpha value is -0.172. The molecule has 0 heterocycles.